The Morgan fingerprint density at radius 1 is 1.10 bits per heavy atom. The number of benzene rings is 1. The lowest BCUT2D eigenvalue weighted by Crippen LogP contribution is -2.37. The van der Waals surface area contributed by atoms with E-state index in [1.165, 1.54) is 0 Å². The van der Waals surface area contributed by atoms with Crippen LogP contribution in [0, 0.1) is 5.82 Å². The Labute approximate surface area is 239 Å². The van der Waals surface area contributed by atoms with Crippen LogP contribution in [0.15, 0.2) is 47.8 Å². The molecule has 0 saturated carbocycles. The maximum atomic E-state index is 14.2. The molecule has 1 aliphatic rings. The average molecular weight is 571 g/mol. The van der Waals surface area contributed by atoms with Crippen molar-refractivity contribution >= 4 is 46.6 Å². The molecule has 1 aromatic carbocycles. The van der Waals surface area contributed by atoms with Gasteiger partial charge in [-0.3, -0.25) is 4.98 Å². The van der Waals surface area contributed by atoms with Crippen LogP contribution in [0.1, 0.15) is 38.3 Å². The molecule has 1 saturated heterocycles. The van der Waals surface area contributed by atoms with Crippen molar-refractivity contribution in [1.29, 1.82) is 0 Å². The van der Waals surface area contributed by atoms with Gasteiger partial charge >= 0.3 is 0 Å². The molecule has 3 heterocycles. The van der Waals surface area contributed by atoms with Gasteiger partial charge in [0.05, 0.1) is 43.2 Å². The van der Waals surface area contributed by atoms with Gasteiger partial charge in [-0.1, -0.05) is 18.5 Å². The van der Waals surface area contributed by atoms with Crippen LogP contribution in [-0.4, -0.2) is 72.3 Å². The molecule has 40 heavy (non-hydrogen) atoms. The van der Waals surface area contributed by atoms with Gasteiger partial charge in [-0.25, -0.2) is 14.8 Å². The number of pyridine rings is 1. The molecule has 0 spiro atoms. The van der Waals surface area contributed by atoms with E-state index in [2.05, 4.69) is 48.7 Å². The van der Waals surface area contributed by atoms with Crippen LogP contribution in [0.4, 0.5) is 33.2 Å². The summed E-state index contributed by atoms with van der Waals surface area (Å²) in [5.41, 5.74) is 6.10. The monoisotopic (exact) mass is 570 g/mol. The van der Waals surface area contributed by atoms with E-state index in [0.29, 0.717) is 37.0 Å². The zero-order valence-corrected chi connectivity index (χ0v) is 23.4. The molecular weight excluding hydrogens is 535 g/mol. The number of unbranched alkanes of at least 4 members (excludes halogenated alkanes) is 2. The fourth-order valence-corrected chi connectivity index (χ4v) is 4.58. The Kier molecular flexibility index (Phi) is 11.3. The number of aliphatic hydroxyl groups is 1. The van der Waals surface area contributed by atoms with Gasteiger partial charge in [0.2, 0.25) is 5.95 Å². The first-order valence-corrected chi connectivity index (χ1v) is 14.0. The second-order valence-corrected chi connectivity index (χ2v) is 9.84. The molecule has 3 N–H and O–H groups in total. The Balaban J connectivity index is 1.36. The van der Waals surface area contributed by atoms with E-state index >= 15 is 0 Å². The van der Waals surface area contributed by atoms with Crippen molar-refractivity contribution in [3.05, 3.63) is 59.3 Å². The van der Waals surface area contributed by atoms with Crippen molar-refractivity contribution < 1.29 is 14.2 Å². The van der Waals surface area contributed by atoms with Crippen molar-refractivity contribution in [1.82, 2.24) is 15.0 Å². The number of morpholine rings is 1. The molecule has 2 aromatic heterocycles. The number of hydrazone groups is 1. The van der Waals surface area contributed by atoms with Crippen LogP contribution in [0.25, 0.3) is 0 Å². The van der Waals surface area contributed by atoms with E-state index in [0.717, 1.165) is 62.0 Å². The van der Waals surface area contributed by atoms with Gasteiger partial charge in [0.1, 0.15) is 0 Å². The summed E-state index contributed by atoms with van der Waals surface area (Å²) in [6.07, 6.45) is 8.24. The number of nitrogens with one attached hydrogen (secondary N) is 2. The minimum absolute atomic E-state index is 0.194. The third-order valence-electron chi connectivity index (χ3n) is 6.30. The lowest BCUT2D eigenvalue weighted by Gasteiger charge is -2.27. The smallest absolute Gasteiger partial charge is 0.245 e. The highest BCUT2D eigenvalue weighted by molar-refractivity contribution is 6.31. The number of aromatic nitrogens is 3. The molecular formula is C28H36ClFN8O2. The third-order valence-corrected chi connectivity index (χ3v) is 6.52. The highest BCUT2D eigenvalue weighted by Crippen LogP contribution is 2.28. The van der Waals surface area contributed by atoms with Gasteiger partial charge in [0.25, 0.3) is 0 Å². The molecule has 0 radical (unpaired) electrons. The Hall–Kier alpha value is -3.54. The van der Waals surface area contributed by atoms with Crippen LogP contribution in [-0.2, 0) is 4.74 Å². The van der Waals surface area contributed by atoms with Crippen LogP contribution < -0.4 is 20.5 Å². The second kappa shape index (κ2) is 15.3. The summed E-state index contributed by atoms with van der Waals surface area (Å²) in [4.78, 5) is 16.8. The third kappa shape index (κ3) is 8.73. The van der Waals surface area contributed by atoms with Crippen molar-refractivity contribution in [2.45, 2.75) is 32.6 Å². The topological polar surface area (TPSA) is 111 Å². The second-order valence-electron chi connectivity index (χ2n) is 9.40. The van der Waals surface area contributed by atoms with Crippen LogP contribution in [0.3, 0.4) is 0 Å². The number of aliphatic hydroxyl groups excluding tert-OH is 1. The number of hydrogen-bond acceptors (Lipinski definition) is 10. The molecule has 1 aliphatic heterocycles. The lowest BCUT2D eigenvalue weighted by atomic mass is 10.2. The zero-order chi connectivity index (χ0) is 28.2. The van der Waals surface area contributed by atoms with Crippen molar-refractivity contribution in [3.8, 4) is 0 Å². The van der Waals surface area contributed by atoms with E-state index in [9.17, 15) is 4.39 Å². The summed E-state index contributed by atoms with van der Waals surface area (Å²) >= 11 is 6.46. The highest BCUT2D eigenvalue weighted by Gasteiger charge is 2.17. The number of halogens is 2. The van der Waals surface area contributed by atoms with Crippen molar-refractivity contribution in [2.75, 3.05) is 66.5 Å². The van der Waals surface area contributed by atoms with E-state index < -0.39 is 5.82 Å². The minimum Gasteiger partial charge on any atom is -0.396 e. The first kappa shape index (κ1) is 29.4. The predicted molar refractivity (Wildman–Crippen MR) is 159 cm³/mol. The van der Waals surface area contributed by atoms with Gasteiger partial charge < -0.3 is 25.0 Å². The highest BCUT2D eigenvalue weighted by atomic mass is 35.5. The number of hydrogen-bond donors (Lipinski definition) is 3. The first-order chi connectivity index (χ1) is 19.6. The summed E-state index contributed by atoms with van der Waals surface area (Å²) < 4.78 is 19.5. The average Bonchev–Trinajstić information content (AvgIpc) is 2.96. The van der Waals surface area contributed by atoms with Crippen LogP contribution in [0.2, 0.25) is 5.02 Å². The van der Waals surface area contributed by atoms with Gasteiger partial charge in [-0.2, -0.15) is 10.1 Å². The molecule has 214 valence electrons. The van der Waals surface area contributed by atoms with E-state index in [-0.39, 0.29) is 18.4 Å². The van der Waals surface area contributed by atoms with Gasteiger partial charge in [-0.05, 0) is 56.0 Å². The Morgan fingerprint density at radius 3 is 2.70 bits per heavy atom. The molecule has 1 fully saturated rings. The summed E-state index contributed by atoms with van der Waals surface area (Å²) in [5.74, 6) is -0.0583. The summed E-state index contributed by atoms with van der Waals surface area (Å²) in [6.45, 7) is 6.43. The van der Waals surface area contributed by atoms with Gasteiger partial charge in [0.15, 0.2) is 11.6 Å². The van der Waals surface area contributed by atoms with E-state index in [1.54, 1.807) is 12.4 Å². The van der Waals surface area contributed by atoms with Gasteiger partial charge in [-0.15, -0.1) is 0 Å². The molecule has 0 atom stereocenters. The lowest BCUT2D eigenvalue weighted by molar-refractivity contribution is 0.122. The van der Waals surface area contributed by atoms with Crippen LogP contribution in [0.5, 0.6) is 0 Å². The minimum atomic E-state index is -0.482. The molecule has 0 aliphatic carbocycles. The number of rotatable bonds is 14. The number of ether oxygens (including phenoxy) is 1. The molecule has 0 bridgehead atoms. The quantitative estimate of drug-likeness (QED) is 0.139. The number of nitrogens with zero attached hydrogens (tertiary/aromatic N) is 6. The standard InChI is InChI=1S/C28H36ClFN8O2/c1-2-8-37(9-4-3-5-12-39)25-16-21(29)15-24(17-25)34-23-7-6-22(31-18-23)19-33-36-28-32-20-26(30)27(35-28)38-10-13-40-14-11-38/h6-7,15-20,34,39H,2-5,8-14H2,1H3,(H,32,35,36)/b33-19+. The zero-order valence-electron chi connectivity index (χ0n) is 22.7. The van der Waals surface area contributed by atoms with Crippen LogP contribution >= 0.6 is 11.6 Å². The van der Waals surface area contributed by atoms with Crippen molar-refractivity contribution in [2.24, 2.45) is 5.10 Å². The normalized spacial score (nSPS) is 13.6. The Morgan fingerprint density at radius 2 is 1.95 bits per heavy atom. The summed E-state index contributed by atoms with van der Waals surface area (Å²) in [7, 11) is 0. The predicted octanol–water partition coefficient (Wildman–Crippen LogP) is 5.07. The van der Waals surface area contributed by atoms with Gasteiger partial charge in [0, 0.05) is 49.2 Å². The maximum absolute atomic E-state index is 14.2. The first-order valence-electron chi connectivity index (χ1n) is 13.6. The fraction of sp³-hybridized carbons (Fsp3) is 0.429. The largest absolute Gasteiger partial charge is 0.396 e. The van der Waals surface area contributed by atoms with E-state index in [4.69, 9.17) is 21.4 Å². The molecule has 12 heteroatoms. The number of anilines is 5. The van der Waals surface area contributed by atoms with E-state index in [1.807, 2.05) is 29.2 Å². The summed E-state index contributed by atoms with van der Waals surface area (Å²) in [6, 6.07) is 9.68. The molecule has 3 aromatic rings. The molecule has 10 nitrogen and oxygen atoms in total. The Bertz CT molecular complexity index is 1240. The molecule has 0 amide bonds. The SMILES string of the molecule is CCCN(CCCCCO)c1cc(Cl)cc(Nc2ccc(/C=N/Nc3ncc(F)c(N4CCOCC4)n3)nc2)c1. The summed E-state index contributed by atoms with van der Waals surface area (Å²) in [5, 5.41) is 17.2. The van der Waals surface area contributed by atoms with Crippen molar-refractivity contribution in [3.63, 3.8) is 0 Å². The molecule has 0 unspecified atom stereocenters. The molecule has 4 rings (SSSR count). The fourth-order valence-electron chi connectivity index (χ4n) is 4.35. The maximum Gasteiger partial charge on any atom is 0.245 e.